The molecule has 3 heteroatoms. The highest BCUT2D eigenvalue weighted by atomic mass is 16.5. The lowest BCUT2D eigenvalue weighted by atomic mass is 10.4. The third kappa shape index (κ3) is 2.20. The maximum atomic E-state index is 5.22. The van der Waals surface area contributed by atoms with Crippen molar-refractivity contribution in [1.82, 2.24) is 4.90 Å². The van der Waals surface area contributed by atoms with Crippen molar-refractivity contribution in [1.29, 1.82) is 0 Å². The van der Waals surface area contributed by atoms with Gasteiger partial charge in [0.25, 0.3) is 0 Å². The first-order valence-corrected chi connectivity index (χ1v) is 4.00. The van der Waals surface area contributed by atoms with Crippen molar-refractivity contribution < 1.29 is 4.74 Å². The molecule has 0 radical (unpaired) electrons. The fraction of sp³-hybridized carbons (Fsp3) is 0.444. The monoisotopic (exact) mass is 166 g/mol. The molecule has 1 heterocycles. The molecule has 1 saturated heterocycles. The quantitative estimate of drug-likeness (QED) is 0.462. The smallest absolute Gasteiger partial charge is 0.127 e. The zero-order valence-electron chi connectivity index (χ0n) is 7.20. The molecule has 3 nitrogen and oxygen atoms in total. The summed E-state index contributed by atoms with van der Waals surface area (Å²) in [7, 11) is 0. The van der Waals surface area contributed by atoms with Crippen molar-refractivity contribution in [3.63, 3.8) is 0 Å². The molecular weight excluding hydrogens is 152 g/mol. The Kier molecular flexibility index (Phi) is 3.54. The Hall–Kier alpha value is -1.09. The van der Waals surface area contributed by atoms with Gasteiger partial charge in [-0.25, -0.2) is 4.99 Å². The zero-order chi connectivity index (χ0) is 8.81. The Morgan fingerprint density at radius 1 is 1.42 bits per heavy atom. The molecule has 0 amide bonds. The first kappa shape index (κ1) is 9.00. The Balaban J connectivity index is 2.57. The Labute approximate surface area is 73.0 Å². The summed E-state index contributed by atoms with van der Waals surface area (Å²) < 4.78 is 5.22. The molecule has 66 valence electrons. The third-order valence-electron chi connectivity index (χ3n) is 1.76. The van der Waals surface area contributed by atoms with Crippen molar-refractivity contribution in [3.05, 3.63) is 24.6 Å². The Bertz CT molecular complexity index is 193. The van der Waals surface area contributed by atoms with E-state index in [1.54, 1.807) is 6.08 Å². The van der Waals surface area contributed by atoms with E-state index >= 15 is 0 Å². The van der Waals surface area contributed by atoms with E-state index in [9.17, 15) is 0 Å². The van der Waals surface area contributed by atoms with E-state index in [2.05, 4.69) is 23.2 Å². The van der Waals surface area contributed by atoms with Gasteiger partial charge in [-0.15, -0.1) is 0 Å². The molecule has 0 aromatic rings. The summed E-state index contributed by atoms with van der Waals surface area (Å²) in [6.45, 7) is 10.4. The average Bonchev–Trinajstić information content (AvgIpc) is 2.15. The SMILES string of the molecule is C=C/C=C(\N=C)N1CCOCC1. The van der Waals surface area contributed by atoms with Crippen molar-refractivity contribution in [2.75, 3.05) is 26.3 Å². The van der Waals surface area contributed by atoms with Crippen LogP contribution in [0.25, 0.3) is 0 Å². The van der Waals surface area contributed by atoms with Crippen LogP contribution in [0.3, 0.4) is 0 Å². The van der Waals surface area contributed by atoms with Crippen molar-refractivity contribution in [2.24, 2.45) is 4.99 Å². The molecule has 0 aliphatic carbocycles. The molecule has 0 aromatic carbocycles. The van der Waals surface area contributed by atoms with Gasteiger partial charge in [0.1, 0.15) is 5.82 Å². The first-order valence-electron chi connectivity index (χ1n) is 4.00. The molecule has 1 fully saturated rings. The van der Waals surface area contributed by atoms with Gasteiger partial charge in [-0.3, -0.25) is 0 Å². The van der Waals surface area contributed by atoms with Crippen LogP contribution in [0.4, 0.5) is 0 Å². The number of hydrogen-bond donors (Lipinski definition) is 0. The van der Waals surface area contributed by atoms with Crippen LogP contribution in [-0.2, 0) is 4.74 Å². The number of allylic oxidation sites excluding steroid dienone is 2. The highest BCUT2D eigenvalue weighted by Crippen LogP contribution is 2.07. The van der Waals surface area contributed by atoms with Crippen LogP contribution in [0, 0.1) is 0 Å². The van der Waals surface area contributed by atoms with Gasteiger partial charge >= 0.3 is 0 Å². The Morgan fingerprint density at radius 3 is 2.58 bits per heavy atom. The highest BCUT2D eigenvalue weighted by molar-refractivity contribution is 5.29. The number of ether oxygens (including phenoxy) is 1. The van der Waals surface area contributed by atoms with Crippen LogP contribution in [0.2, 0.25) is 0 Å². The number of hydrogen-bond acceptors (Lipinski definition) is 3. The van der Waals surface area contributed by atoms with Gasteiger partial charge in [0.05, 0.1) is 13.2 Å². The predicted octanol–water partition coefficient (Wildman–Crippen LogP) is 1.05. The van der Waals surface area contributed by atoms with E-state index < -0.39 is 0 Å². The summed E-state index contributed by atoms with van der Waals surface area (Å²) in [6, 6.07) is 0. The minimum absolute atomic E-state index is 0.768. The largest absolute Gasteiger partial charge is 0.378 e. The van der Waals surface area contributed by atoms with Gasteiger partial charge in [0.15, 0.2) is 0 Å². The maximum absolute atomic E-state index is 5.22. The van der Waals surface area contributed by atoms with Crippen LogP contribution in [-0.4, -0.2) is 37.9 Å². The van der Waals surface area contributed by atoms with E-state index in [0.717, 1.165) is 32.1 Å². The number of aliphatic imine (C=N–C) groups is 1. The van der Waals surface area contributed by atoms with E-state index in [1.807, 2.05) is 6.08 Å². The van der Waals surface area contributed by atoms with Crippen LogP contribution in [0.5, 0.6) is 0 Å². The van der Waals surface area contributed by atoms with Crippen LogP contribution in [0.1, 0.15) is 0 Å². The van der Waals surface area contributed by atoms with Gasteiger partial charge < -0.3 is 9.64 Å². The second kappa shape index (κ2) is 4.72. The fourth-order valence-corrected chi connectivity index (χ4v) is 1.16. The molecule has 0 bridgehead atoms. The normalized spacial score (nSPS) is 19.0. The molecule has 12 heavy (non-hydrogen) atoms. The van der Waals surface area contributed by atoms with Crippen LogP contribution >= 0.6 is 0 Å². The van der Waals surface area contributed by atoms with Crippen molar-refractivity contribution in [2.45, 2.75) is 0 Å². The molecule has 0 unspecified atom stereocenters. The summed E-state index contributed by atoms with van der Waals surface area (Å²) in [4.78, 5) is 6.05. The predicted molar refractivity (Wildman–Crippen MR) is 50.2 cm³/mol. The minimum Gasteiger partial charge on any atom is -0.378 e. The molecular formula is C9H14N2O. The summed E-state index contributed by atoms with van der Waals surface area (Å²) in [6.07, 6.45) is 3.58. The van der Waals surface area contributed by atoms with E-state index in [1.165, 1.54) is 0 Å². The fourth-order valence-electron chi connectivity index (χ4n) is 1.16. The lowest BCUT2D eigenvalue weighted by Crippen LogP contribution is -2.35. The molecule has 0 aromatic heterocycles. The number of rotatable bonds is 3. The second-order valence-corrected chi connectivity index (χ2v) is 2.52. The topological polar surface area (TPSA) is 24.8 Å². The molecule has 1 aliphatic heterocycles. The van der Waals surface area contributed by atoms with Crippen LogP contribution in [0.15, 0.2) is 29.5 Å². The molecule has 1 aliphatic rings. The molecule has 1 rings (SSSR count). The summed E-state index contributed by atoms with van der Waals surface area (Å²) in [5.41, 5.74) is 0. The third-order valence-corrected chi connectivity index (χ3v) is 1.76. The van der Waals surface area contributed by atoms with Gasteiger partial charge in [-0.05, 0) is 12.8 Å². The van der Waals surface area contributed by atoms with E-state index in [4.69, 9.17) is 4.74 Å². The highest BCUT2D eigenvalue weighted by Gasteiger charge is 2.11. The van der Waals surface area contributed by atoms with E-state index in [0.29, 0.717) is 0 Å². The minimum atomic E-state index is 0.768. The number of morpholine rings is 1. The zero-order valence-corrected chi connectivity index (χ0v) is 7.20. The van der Waals surface area contributed by atoms with Gasteiger partial charge in [-0.1, -0.05) is 12.7 Å². The number of nitrogens with zero attached hydrogens (tertiary/aromatic N) is 2. The van der Waals surface area contributed by atoms with Crippen LogP contribution < -0.4 is 0 Å². The second-order valence-electron chi connectivity index (χ2n) is 2.52. The maximum Gasteiger partial charge on any atom is 0.127 e. The lowest BCUT2D eigenvalue weighted by Gasteiger charge is -2.28. The van der Waals surface area contributed by atoms with Crippen molar-refractivity contribution >= 4 is 6.72 Å². The van der Waals surface area contributed by atoms with Gasteiger partial charge in [-0.2, -0.15) is 0 Å². The lowest BCUT2D eigenvalue weighted by molar-refractivity contribution is 0.0532. The molecule has 0 atom stereocenters. The summed E-state index contributed by atoms with van der Waals surface area (Å²) in [5, 5.41) is 0. The summed E-state index contributed by atoms with van der Waals surface area (Å²) >= 11 is 0. The molecule has 0 N–H and O–H groups in total. The summed E-state index contributed by atoms with van der Waals surface area (Å²) in [5.74, 6) is 0.883. The standard InChI is InChI=1S/C9H14N2O/c1-3-4-9(10-2)11-5-7-12-8-6-11/h3-4H,1-2,5-8H2/b9-4+. The Morgan fingerprint density at radius 2 is 2.08 bits per heavy atom. The molecule has 0 saturated carbocycles. The van der Waals surface area contributed by atoms with Gasteiger partial charge in [0.2, 0.25) is 0 Å². The molecule has 0 spiro atoms. The van der Waals surface area contributed by atoms with E-state index in [-0.39, 0.29) is 0 Å². The van der Waals surface area contributed by atoms with Crippen molar-refractivity contribution in [3.8, 4) is 0 Å². The first-order chi connectivity index (χ1) is 5.88. The average molecular weight is 166 g/mol. The van der Waals surface area contributed by atoms with Gasteiger partial charge in [0, 0.05) is 13.1 Å².